The summed E-state index contributed by atoms with van der Waals surface area (Å²) < 4.78 is 71.7. The Labute approximate surface area is 192 Å². The van der Waals surface area contributed by atoms with Gasteiger partial charge in [0.05, 0.1) is 18.2 Å². The fourth-order valence-electron chi connectivity index (χ4n) is 4.13. The van der Waals surface area contributed by atoms with Gasteiger partial charge in [0, 0.05) is 31.8 Å². The summed E-state index contributed by atoms with van der Waals surface area (Å²) in [6.45, 7) is -0.0925. The number of halogens is 5. The van der Waals surface area contributed by atoms with Gasteiger partial charge >= 0.3 is 6.18 Å². The summed E-state index contributed by atoms with van der Waals surface area (Å²) in [5.41, 5.74) is -2.05. The number of hydrogen-bond donors (Lipinski definition) is 2. The first-order valence-corrected chi connectivity index (χ1v) is 10.6. The van der Waals surface area contributed by atoms with E-state index in [9.17, 15) is 31.5 Å². The van der Waals surface area contributed by atoms with Crippen LogP contribution in [0.1, 0.15) is 37.3 Å². The lowest BCUT2D eigenvalue weighted by molar-refractivity contribution is -0.148. The zero-order valence-electron chi connectivity index (χ0n) is 18.0. The van der Waals surface area contributed by atoms with Crippen LogP contribution in [0.2, 0.25) is 0 Å². The van der Waals surface area contributed by atoms with Gasteiger partial charge in [0.2, 0.25) is 5.91 Å². The minimum atomic E-state index is -4.87. The monoisotopic (exact) mass is 486 g/mol. The highest BCUT2D eigenvalue weighted by Crippen LogP contribution is 2.38. The lowest BCUT2D eigenvalue weighted by Gasteiger charge is -2.33. The summed E-state index contributed by atoms with van der Waals surface area (Å²) >= 11 is 0. The smallest absolute Gasteiger partial charge is 0.356 e. The largest absolute Gasteiger partial charge is 0.417 e. The SMILES string of the molecule is N=C/C(=C\C(=N)C(=O)N1CCCC(=O)N2C(CCC2c2cc(F)cc(F)c2)OCC1)C(F)(F)F. The van der Waals surface area contributed by atoms with Gasteiger partial charge in [-0.25, -0.2) is 8.78 Å². The van der Waals surface area contributed by atoms with E-state index in [1.807, 2.05) is 0 Å². The molecule has 12 heteroatoms. The molecular weight excluding hydrogens is 463 g/mol. The molecule has 2 N–H and O–H groups in total. The Kier molecular flexibility index (Phi) is 7.80. The van der Waals surface area contributed by atoms with Gasteiger partial charge in [-0.15, -0.1) is 0 Å². The number of nitrogens with zero attached hydrogens (tertiary/aromatic N) is 2. The molecule has 1 aromatic carbocycles. The molecule has 0 spiro atoms. The van der Waals surface area contributed by atoms with Gasteiger partial charge in [-0.05, 0) is 43.0 Å². The number of fused-ring (bicyclic) bond motifs is 1. The number of amides is 2. The van der Waals surface area contributed by atoms with Crippen LogP contribution in [-0.4, -0.2) is 65.6 Å². The van der Waals surface area contributed by atoms with E-state index >= 15 is 0 Å². The molecule has 0 aliphatic carbocycles. The molecule has 2 amide bonds. The third-order valence-corrected chi connectivity index (χ3v) is 5.68. The molecule has 2 heterocycles. The Morgan fingerprint density at radius 2 is 1.79 bits per heavy atom. The van der Waals surface area contributed by atoms with Crippen molar-refractivity contribution in [1.29, 1.82) is 10.8 Å². The van der Waals surface area contributed by atoms with E-state index in [4.69, 9.17) is 15.6 Å². The third kappa shape index (κ3) is 5.85. The molecule has 2 atom stereocenters. The maximum Gasteiger partial charge on any atom is 0.417 e. The fraction of sp³-hybridized carbons (Fsp3) is 0.455. The van der Waals surface area contributed by atoms with Crippen LogP contribution < -0.4 is 0 Å². The number of carbonyl (C=O) groups excluding carboxylic acids is 2. The molecule has 7 nitrogen and oxygen atoms in total. The molecule has 2 fully saturated rings. The predicted octanol–water partition coefficient (Wildman–Crippen LogP) is 3.75. The van der Waals surface area contributed by atoms with E-state index in [0.717, 1.165) is 11.0 Å². The maximum absolute atomic E-state index is 13.7. The van der Waals surface area contributed by atoms with Crippen molar-refractivity contribution in [3.63, 3.8) is 0 Å². The van der Waals surface area contributed by atoms with E-state index in [0.29, 0.717) is 24.5 Å². The highest BCUT2D eigenvalue weighted by molar-refractivity contribution is 6.42. The van der Waals surface area contributed by atoms with Gasteiger partial charge in [0.15, 0.2) is 0 Å². The molecular formula is C22H23F5N4O3. The number of ether oxygens (including phenoxy) is 1. The second kappa shape index (κ2) is 10.4. The standard InChI is InChI=1S/C22H23F5N4O3/c23-15-8-13(9-16(24)11-15)18-3-4-20-31(18)19(32)2-1-5-30(6-7-34-20)21(33)17(29)10-14(12-28)22(25,26)27/h8-12,18,20,28-29H,1-7H2/b14-10+,28-12?,29-17?. The van der Waals surface area contributed by atoms with Gasteiger partial charge in [-0.1, -0.05) is 0 Å². The molecule has 0 aromatic heterocycles. The quantitative estimate of drug-likeness (QED) is 0.501. The van der Waals surface area contributed by atoms with Crippen LogP contribution in [-0.2, 0) is 14.3 Å². The minimum Gasteiger partial charge on any atom is -0.356 e. The molecule has 0 saturated carbocycles. The molecule has 3 rings (SSSR count). The van der Waals surface area contributed by atoms with Crippen molar-refractivity contribution in [2.75, 3.05) is 19.7 Å². The number of benzene rings is 1. The van der Waals surface area contributed by atoms with Crippen molar-refractivity contribution in [3.05, 3.63) is 47.0 Å². The van der Waals surface area contributed by atoms with Crippen molar-refractivity contribution in [1.82, 2.24) is 9.80 Å². The second-order valence-electron chi connectivity index (χ2n) is 7.97. The zero-order chi connectivity index (χ0) is 25.0. The summed E-state index contributed by atoms with van der Waals surface area (Å²) in [4.78, 5) is 28.1. The first-order valence-electron chi connectivity index (χ1n) is 10.6. The summed E-state index contributed by atoms with van der Waals surface area (Å²) in [6.07, 6.45) is -4.28. The summed E-state index contributed by atoms with van der Waals surface area (Å²) in [5.74, 6) is -2.83. The lowest BCUT2D eigenvalue weighted by atomic mass is 10.0. The molecule has 2 unspecified atom stereocenters. The summed E-state index contributed by atoms with van der Waals surface area (Å²) in [7, 11) is 0. The number of hydrogen-bond acceptors (Lipinski definition) is 5. The van der Waals surface area contributed by atoms with Crippen LogP contribution in [0, 0.1) is 22.5 Å². The first-order chi connectivity index (χ1) is 16.0. The average Bonchev–Trinajstić information content (AvgIpc) is 3.18. The van der Waals surface area contributed by atoms with Gasteiger partial charge in [0.25, 0.3) is 5.91 Å². The van der Waals surface area contributed by atoms with E-state index in [1.165, 1.54) is 17.0 Å². The summed E-state index contributed by atoms with van der Waals surface area (Å²) in [5, 5.41) is 14.6. The highest BCUT2D eigenvalue weighted by atomic mass is 19.4. The Hall–Kier alpha value is -3.15. The molecule has 2 saturated heterocycles. The molecule has 2 aliphatic rings. The Bertz CT molecular complexity index is 990. The van der Waals surface area contributed by atoms with E-state index < -0.39 is 47.3 Å². The molecule has 2 aliphatic heterocycles. The van der Waals surface area contributed by atoms with Crippen molar-refractivity contribution in [2.24, 2.45) is 0 Å². The third-order valence-electron chi connectivity index (χ3n) is 5.68. The van der Waals surface area contributed by atoms with Crippen molar-refractivity contribution >= 4 is 23.7 Å². The van der Waals surface area contributed by atoms with Crippen molar-refractivity contribution in [2.45, 2.75) is 44.1 Å². The minimum absolute atomic E-state index is 0.00609. The van der Waals surface area contributed by atoms with Gasteiger partial charge in [-0.2, -0.15) is 13.2 Å². The van der Waals surface area contributed by atoms with E-state index in [2.05, 4.69) is 0 Å². The van der Waals surface area contributed by atoms with Crippen LogP contribution in [0.25, 0.3) is 0 Å². The zero-order valence-corrected chi connectivity index (χ0v) is 18.0. The highest BCUT2D eigenvalue weighted by Gasteiger charge is 2.39. The number of allylic oxidation sites excluding steroid dienone is 1. The van der Waals surface area contributed by atoms with Gasteiger partial charge in [-0.3, -0.25) is 15.0 Å². The first kappa shape index (κ1) is 25.5. The topological polar surface area (TPSA) is 97.6 Å². The van der Waals surface area contributed by atoms with Crippen LogP contribution in [0.5, 0.6) is 0 Å². The Morgan fingerprint density at radius 1 is 1.12 bits per heavy atom. The molecule has 1 aromatic rings. The predicted molar refractivity (Wildman–Crippen MR) is 111 cm³/mol. The Morgan fingerprint density at radius 3 is 2.41 bits per heavy atom. The molecule has 0 bridgehead atoms. The van der Waals surface area contributed by atoms with Gasteiger partial charge in [0.1, 0.15) is 23.6 Å². The summed E-state index contributed by atoms with van der Waals surface area (Å²) in [6, 6.07) is 2.52. The van der Waals surface area contributed by atoms with Crippen LogP contribution >= 0.6 is 0 Å². The van der Waals surface area contributed by atoms with Crippen molar-refractivity contribution in [3.8, 4) is 0 Å². The molecule has 34 heavy (non-hydrogen) atoms. The Balaban J connectivity index is 1.72. The van der Waals surface area contributed by atoms with Crippen LogP contribution in [0.4, 0.5) is 22.0 Å². The molecule has 184 valence electrons. The number of nitrogens with one attached hydrogen (secondary N) is 2. The second-order valence-corrected chi connectivity index (χ2v) is 7.97. The number of alkyl halides is 3. The van der Waals surface area contributed by atoms with E-state index in [-0.39, 0.29) is 44.7 Å². The van der Waals surface area contributed by atoms with Crippen molar-refractivity contribution < 1.29 is 36.3 Å². The van der Waals surface area contributed by atoms with Crippen LogP contribution in [0.15, 0.2) is 29.8 Å². The van der Waals surface area contributed by atoms with E-state index in [1.54, 1.807) is 0 Å². The van der Waals surface area contributed by atoms with Crippen LogP contribution in [0.3, 0.4) is 0 Å². The average molecular weight is 486 g/mol. The van der Waals surface area contributed by atoms with Gasteiger partial charge < -0.3 is 19.9 Å². The number of rotatable bonds is 4. The molecule has 0 radical (unpaired) electrons. The fourth-order valence-corrected chi connectivity index (χ4v) is 4.13. The lowest BCUT2D eigenvalue weighted by Crippen LogP contribution is -2.44. The number of carbonyl (C=O) groups is 2. The maximum atomic E-state index is 13.7. The normalized spacial score (nSPS) is 22.4.